The van der Waals surface area contributed by atoms with Crippen LogP contribution in [0.2, 0.25) is 0 Å². The fourth-order valence-electron chi connectivity index (χ4n) is 3.59. The van der Waals surface area contributed by atoms with Crippen LogP contribution in [-0.2, 0) is 10.0 Å². The second kappa shape index (κ2) is 6.17. The van der Waals surface area contributed by atoms with Crippen LogP contribution in [0.3, 0.4) is 0 Å². The molecule has 8 heteroatoms. The average Bonchev–Trinajstić information content (AvgIpc) is 3.03. The topological polar surface area (TPSA) is 92.7 Å². The van der Waals surface area contributed by atoms with Gasteiger partial charge in [-0.1, -0.05) is 5.16 Å². The summed E-state index contributed by atoms with van der Waals surface area (Å²) in [6.07, 6.45) is 5.34. The van der Waals surface area contributed by atoms with Gasteiger partial charge in [-0.2, -0.15) is 4.31 Å². The number of sulfonamides is 1. The molecule has 3 heterocycles. The van der Waals surface area contributed by atoms with E-state index in [0.717, 1.165) is 32.4 Å². The summed E-state index contributed by atoms with van der Waals surface area (Å²) in [4.78, 5) is 2.54. The van der Waals surface area contributed by atoms with E-state index in [-0.39, 0.29) is 16.5 Å². The Labute approximate surface area is 131 Å². The van der Waals surface area contributed by atoms with Gasteiger partial charge in [0.2, 0.25) is 10.0 Å². The smallest absolute Gasteiger partial charge is 0.250 e. The van der Waals surface area contributed by atoms with Crippen molar-refractivity contribution in [2.45, 2.75) is 50.0 Å². The Hall–Kier alpha value is -1.12. The standard InChI is InChI=1S/C14H24N4O3S/c1-11-13(14(15)16-21-11)22(19,20)18-9-4-5-12(6-10-18)17-7-2-3-8-17/h12H,2-10H2,1H3,(H2,15,16). The third-order valence-electron chi connectivity index (χ3n) is 4.74. The zero-order chi connectivity index (χ0) is 15.7. The molecule has 1 aromatic heterocycles. The maximum atomic E-state index is 12.8. The number of hydrogen-bond donors (Lipinski definition) is 1. The van der Waals surface area contributed by atoms with Crippen molar-refractivity contribution in [3.63, 3.8) is 0 Å². The van der Waals surface area contributed by atoms with Crippen molar-refractivity contribution in [1.29, 1.82) is 0 Å². The molecule has 2 N–H and O–H groups in total. The molecule has 0 aliphatic carbocycles. The van der Waals surface area contributed by atoms with Crippen molar-refractivity contribution in [1.82, 2.24) is 14.4 Å². The summed E-state index contributed by atoms with van der Waals surface area (Å²) in [7, 11) is -3.62. The van der Waals surface area contributed by atoms with Gasteiger partial charge in [0.15, 0.2) is 16.5 Å². The van der Waals surface area contributed by atoms with Crippen molar-refractivity contribution in [2.24, 2.45) is 0 Å². The molecule has 2 fully saturated rings. The number of likely N-dealkylation sites (tertiary alicyclic amines) is 1. The van der Waals surface area contributed by atoms with Crippen LogP contribution in [0, 0.1) is 6.92 Å². The summed E-state index contributed by atoms with van der Waals surface area (Å²) < 4.78 is 32.1. The largest absolute Gasteiger partial charge is 0.380 e. The lowest BCUT2D eigenvalue weighted by atomic mass is 10.1. The van der Waals surface area contributed by atoms with Gasteiger partial charge in [0, 0.05) is 19.1 Å². The first kappa shape index (κ1) is 15.8. The Kier molecular flexibility index (Phi) is 4.42. The normalized spacial score (nSPS) is 25.4. The molecule has 2 saturated heterocycles. The third-order valence-corrected chi connectivity index (χ3v) is 6.80. The van der Waals surface area contributed by atoms with Crippen LogP contribution in [0.1, 0.15) is 37.9 Å². The zero-order valence-electron chi connectivity index (χ0n) is 13.0. The Morgan fingerprint density at radius 2 is 1.86 bits per heavy atom. The summed E-state index contributed by atoms with van der Waals surface area (Å²) in [5, 5.41) is 3.57. The van der Waals surface area contributed by atoms with Gasteiger partial charge in [-0.05, 0) is 52.1 Å². The SMILES string of the molecule is Cc1onc(N)c1S(=O)(=O)N1CCCC(N2CCCC2)CC1. The minimum absolute atomic E-state index is 0.0344. The lowest BCUT2D eigenvalue weighted by Gasteiger charge is -2.26. The zero-order valence-corrected chi connectivity index (χ0v) is 13.8. The van der Waals surface area contributed by atoms with Gasteiger partial charge in [0.1, 0.15) is 0 Å². The van der Waals surface area contributed by atoms with E-state index in [1.54, 1.807) is 11.2 Å². The molecule has 3 rings (SSSR count). The molecule has 124 valence electrons. The Morgan fingerprint density at radius 1 is 1.14 bits per heavy atom. The van der Waals surface area contributed by atoms with Gasteiger partial charge < -0.3 is 15.2 Å². The average molecular weight is 328 g/mol. The molecule has 7 nitrogen and oxygen atoms in total. The Morgan fingerprint density at radius 3 is 2.50 bits per heavy atom. The molecular weight excluding hydrogens is 304 g/mol. The summed E-state index contributed by atoms with van der Waals surface area (Å²) >= 11 is 0. The molecule has 22 heavy (non-hydrogen) atoms. The van der Waals surface area contributed by atoms with Gasteiger partial charge in [-0.15, -0.1) is 0 Å². The van der Waals surface area contributed by atoms with E-state index in [4.69, 9.17) is 10.3 Å². The summed E-state index contributed by atoms with van der Waals surface area (Å²) in [5.41, 5.74) is 5.68. The van der Waals surface area contributed by atoms with Crippen molar-refractivity contribution < 1.29 is 12.9 Å². The number of rotatable bonds is 3. The highest BCUT2D eigenvalue weighted by molar-refractivity contribution is 7.89. The first-order chi connectivity index (χ1) is 10.5. The molecule has 2 aliphatic heterocycles. The van der Waals surface area contributed by atoms with Crippen LogP contribution in [0.4, 0.5) is 5.82 Å². The number of anilines is 1. The molecule has 0 bridgehead atoms. The lowest BCUT2D eigenvalue weighted by Crippen LogP contribution is -2.35. The molecular formula is C14H24N4O3S. The molecule has 2 aliphatic rings. The lowest BCUT2D eigenvalue weighted by molar-refractivity contribution is 0.223. The van der Waals surface area contributed by atoms with Crippen molar-refractivity contribution in [2.75, 3.05) is 31.9 Å². The predicted molar refractivity (Wildman–Crippen MR) is 82.9 cm³/mol. The molecule has 0 aromatic carbocycles. The first-order valence-corrected chi connectivity index (χ1v) is 9.40. The fourth-order valence-corrected chi connectivity index (χ4v) is 5.26. The highest BCUT2D eigenvalue weighted by Crippen LogP contribution is 2.28. The summed E-state index contributed by atoms with van der Waals surface area (Å²) in [5.74, 6) is 0.218. The number of aromatic nitrogens is 1. The van der Waals surface area contributed by atoms with Gasteiger partial charge in [-0.25, -0.2) is 8.42 Å². The van der Waals surface area contributed by atoms with E-state index in [9.17, 15) is 8.42 Å². The van der Waals surface area contributed by atoms with E-state index in [2.05, 4.69) is 10.1 Å². The van der Waals surface area contributed by atoms with E-state index in [0.29, 0.717) is 19.1 Å². The maximum absolute atomic E-state index is 12.8. The summed E-state index contributed by atoms with van der Waals surface area (Å²) in [6.45, 7) is 4.95. The fraction of sp³-hybridized carbons (Fsp3) is 0.786. The summed E-state index contributed by atoms with van der Waals surface area (Å²) in [6, 6.07) is 0.503. The van der Waals surface area contributed by atoms with Crippen LogP contribution in [-0.4, -0.2) is 55.0 Å². The van der Waals surface area contributed by atoms with Crippen molar-refractivity contribution in [3.05, 3.63) is 5.76 Å². The van der Waals surface area contributed by atoms with E-state index in [1.165, 1.54) is 12.8 Å². The van der Waals surface area contributed by atoms with Crippen LogP contribution in [0.5, 0.6) is 0 Å². The number of nitrogens with zero attached hydrogens (tertiary/aromatic N) is 3. The Bertz CT molecular complexity index is 603. The quantitative estimate of drug-likeness (QED) is 0.896. The third kappa shape index (κ3) is 2.87. The van der Waals surface area contributed by atoms with Crippen molar-refractivity contribution in [3.8, 4) is 0 Å². The van der Waals surface area contributed by atoms with Gasteiger partial charge in [0.25, 0.3) is 0 Å². The van der Waals surface area contributed by atoms with Crippen molar-refractivity contribution >= 4 is 15.8 Å². The molecule has 0 spiro atoms. The second-order valence-electron chi connectivity index (χ2n) is 6.19. The number of nitrogens with two attached hydrogens (primary N) is 1. The number of aryl methyl sites for hydroxylation is 1. The van der Waals surface area contributed by atoms with E-state index >= 15 is 0 Å². The minimum atomic E-state index is -3.62. The monoisotopic (exact) mass is 328 g/mol. The maximum Gasteiger partial charge on any atom is 0.250 e. The molecule has 0 amide bonds. The van der Waals surface area contributed by atoms with Gasteiger partial charge in [-0.3, -0.25) is 0 Å². The van der Waals surface area contributed by atoms with Crippen LogP contribution in [0.25, 0.3) is 0 Å². The molecule has 1 atom stereocenters. The van der Waals surface area contributed by atoms with Gasteiger partial charge >= 0.3 is 0 Å². The molecule has 0 saturated carbocycles. The van der Waals surface area contributed by atoms with Crippen LogP contribution >= 0.6 is 0 Å². The van der Waals surface area contributed by atoms with E-state index < -0.39 is 10.0 Å². The van der Waals surface area contributed by atoms with Gasteiger partial charge in [0.05, 0.1) is 0 Å². The highest BCUT2D eigenvalue weighted by atomic mass is 32.2. The first-order valence-electron chi connectivity index (χ1n) is 7.96. The predicted octanol–water partition coefficient (Wildman–Crippen LogP) is 1.20. The van der Waals surface area contributed by atoms with Crippen LogP contribution < -0.4 is 5.73 Å². The number of hydrogen-bond acceptors (Lipinski definition) is 6. The number of nitrogen functional groups attached to an aromatic ring is 1. The molecule has 0 radical (unpaired) electrons. The highest BCUT2D eigenvalue weighted by Gasteiger charge is 2.34. The van der Waals surface area contributed by atoms with Crippen LogP contribution in [0.15, 0.2) is 9.42 Å². The molecule has 1 unspecified atom stereocenters. The second-order valence-corrected chi connectivity index (χ2v) is 8.06. The minimum Gasteiger partial charge on any atom is -0.380 e. The Balaban J connectivity index is 1.75. The molecule has 1 aromatic rings. The van der Waals surface area contributed by atoms with E-state index in [1.807, 2.05) is 0 Å².